The lowest BCUT2D eigenvalue weighted by molar-refractivity contribution is 0.561. The van der Waals surface area contributed by atoms with Crippen LogP contribution in [0.2, 0.25) is 0 Å². The Kier molecular flexibility index (Phi) is 15.0. The first-order chi connectivity index (χ1) is 8.41. The third-order valence-electron chi connectivity index (χ3n) is 3.18. The van der Waals surface area contributed by atoms with E-state index in [1.165, 1.54) is 77.0 Å². The molecule has 0 atom stereocenters. The predicted molar refractivity (Wildman–Crippen MR) is 80.4 cm³/mol. The highest BCUT2D eigenvalue weighted by atomic mass is 14.0. The van der Waals surface area contributed by atoms with Gasteiger partial charge in [-0.2, -0.15) is 0 Å². The minimum Gasteiger partial charge on any atom is -0.103 e. The number of hydrogen-bond acceptors (Lipinski definition) is 0. The molecule has 0 amide bonds. The smallest absolute Gasteiger partial charge is 0.0351 e. The molecule has 0 unspecified atom stereocenters. The van der Waals surface area contributed by atoms with Crippen molar-refractivity contribution in [3.05, 3.63) is 24.8 Å². The van der Waals surface area contributed by atoms with Crippen molar-refractivity contribution in [2.45, 2.75) is 84.0 Å². The molecule has 0 aromatic rings. The molecule has 100 valence electrons. The molecule has 0 spiro atoms. The Morgan fingerprint density at radius 1 is 0.647 bits per heavy atom. The first kappa shape index (κ1) is 16.5. The van der Waals surface area contributed by atoms with Crippen molar-refractivity contribution in [3.8, 4) is 0 Å². The highest BCUT2D eigenvalue weighted by Crippen LogP contribution is 2.11. The van der Waals surface area contributed by atoms with Crippen LogP contribution in [0.3, 0.4) is 0 Å². The third-order valence-corrected chi connectivity index (χ3v) is 3.18. The van der Waals surface area contributed by atoms with E-state index in [9.17, 15) is 0 Å². The zero-order chi connectivity index (χ0) is 12.6. The Hall–Kier alpha value is -0.520. The van der Waals surface area contributed by atoms with Crippen LogP contribution in [0.1, 0.15) is 84.0 Å². The second-order valence-electron chi connectivity index (χ2n) is 4.93. The first-order valence-electron chi connectivity index (χ1n) is 7.67. The molecule has 17 heavy (non-hydrogen) atoms. The third kappa shape index (κ3) is 15.5. The van der Waals surface area contributed by atoms with Crippen molar-refractivity contribution >= 4 is 0 Å². The molecule has 0 aliphatic rings. The van der Waals surface area contributed by atoms with E-state index in [2.05, 4.69) is 25.7 Å². The summed E-state index contributed by atoms with van der Waals surface area (Å²) in [5, 5.41) is 0. The Morgan fingerprint density at radius 3 is 1.59 bits per heavy atom. The van der Waals surface area contributed by atoms with Crippen molar-refractivity contribution in [3.63, 3.8) is 0 Å². The van der Waals surface area contributed by atoms with Crippen LogP contribution in [-0.2, 0) is 0 Å². The van der Waals surface area contributed by atoms with Gasteiger partial charge in [0, 0.05) is 0 Å². The van der Waals surface area contributed by atoms with Gasteiger partial charge in [0.2, 0.25) is 0 Å². The fourth-order valence-electron chi connectivity index (χ4n) is 2.07. The Bertz CT molecular complexity index is 167. The van der Waals surface area contributed by atoms with E-state index in [-0.39, 0.29) is 0 Å². The zero-order valence-corrected chi connectivity index (χ0v) is 11.9. The van der Waals surface area contributed by atoms with Crippen LogP contribution < -0.4 is 0 Å². The van der Waals surface area contributed by atoms with Gasteiger partial charge >= 0.3 is 0 Å². The van der Waals surface area contributed by atoms with Gasteiger partial charge in [-0.05, 0) is 32.1 Å². The van der Waals surface area contributed by atoms with Gasteiger partial charge in [-0.3, -0.25) is 0 Å². The average molecular weight is 236 g/mol. The number of unbranched alkanes of at least 4 members (excludes halogenated alkanes) is 10. The summed E-state index contributed by atoms with van der Waals surface area (Å²) >= 11 is 0. The minimum absolute atomic E-state index is 1.19. The van der Waals surface area contributed by atoms with E-state index in [0.29, 0.717) is 0 Å². The van der Waals surface area contributed by atoms with Crippen LogP contribution in [0.5, 0.6) is 0 Å². The maximum atomic E-state index is 3.75. The second-order valence-corrected chi connectivity index (χ2v) is 4.93. The fraction of sp³-hybridized carbons (Fsp3) is 0.765. The van der Waals surface area contributed by atoms with Gasteiger partial charge in [0.25, 0.3) is 0 Å². The maximum Gasteiger partial charge on any atom is -0.0351 e. The quantitative estimate of drug-likeness (QED) is 0.255. The molecule has 0 saturated carbocycles. The van der Waals surface area contributed by atoms with Crippen molar-refractivity contribution in [1.29, 1.82) is 0 Å². The molecular formula is C17H32. The number of allylic oxidation sites excluding steroid dienone is 3. The van der Waals surface area contributed by atoms with Crippen molar-refractivity contribution in [1.82, 2.24) is 0 Å². The molecular weight excluding hydrogens is 204 g/mol. The van der Waals surface area contributed by atoms with Gasteiger partial charge in [0.1, 0.15) is 0 Å². The van der Waals surface area contributed by atoms with Gasteiger partial charge in [-0.25, -0.2) is 0 Å². The van der Waals surface area contributed by atoms with Gasteiger partial charge in [-0.1, -0.05) is 70.1 Å². The lowest BCUT2D eigenvalue weighted by Gasteiger charge is -2.01. The highest BCUT2D eigenvalue weighted by molar-refractivity contribution is 4.79. The molecule has 0 nitrogen and oxygen atoms in total. The number of rotatable bonds is 13. The second kappa shape index (κ2) is 15.5. The molecule has 0 fully saturated rings. The Balaban J connectivity index is 2.93. The Morgan fingerprint density at radius 2 is 1.12 bits per heavy atom. The predicted octanol–water partition coefficient (Wildman–Crippen LogP) is 6.43. The summed E-state index contributed by atoms with van der Waals surface area (Å²) in [5.41, 5.74) is 0. The van der Waals surface area contributed by atoms with Crippen LogP contribution >= 0.6 is 0 Å². The fourth-order valence-corrected chi connectivity index (χ4v) is 2.07. The maximum absolute atomic E-state index is 3.75. The normalized spacial score (nSPS) is 11.1. The van der Waals surface area contributed by atoms with Gasteiger partial charge in [-0.15, -0.1) is 6.58 Å². The summed E-state index contributed by atoms with van der Waals surface area (Å²) in [5.74, 6) is 0. The molecule has 0 saturated heterocycles. The SMILES string of the molecule is C=CCCCCCCCCCCCC=CCC. The van der Waals surface area contributed by atoms with E-state index in [4.69, 9.17) is 0 Å². The van der Waals surface area contributed by atoms with Crippen LogP contribution in [0.4, 0.5) is 0 Å². The molecule has 0 aliphatic heterocycles. The lowest BCUT2D eigenvalue weighted by Crippen LogP contribution is -1.81. The van der Waals surface area contributed by atoms with E-state index < -0.39 is 0 Å². The summed E-state index contributed by atoms with van der Waals surface area (Å²) in [6.45, 7) is 5.95. The van der Waals surface area contributed by atoms with E-state index in [1.54, 1.807) is 0 Å². The van der Waals surface area contributed by atoms with E-state index >= 15 is 0 Å². The molecule has 0 aromatic heterocycles. The van der Waals surface area contributed by atoms with E-state index in [1.807, 2.05) is 6.08 Å². The summed E-state index contributed by atoms with van der Waals surface area (Å²) < 4.78 is 0. The molecule has 0 N–H and O–H groups in total. The summed E-state index contributed by atoms with van der Waals surface area (Å²) in [7, 11) is 0. The molecule has 0 aliphatic carbocycles. The molecule has 0 radical (unpaired) electrons. The zero-order valence-electron chi connectivity index (χ0n) is 11.9. The van der Waals surface area contributed by atoms with Crippen molar-refractivity contribution < 1.29 is 0 Å². The van der Waals surface area contributed by atoms with E-state index in [0.717, 1.165) is 0 Å². The molecule has 0 bridgehead atoms. The number of hydrogen-bond donors (Lipinski definition) is 0. The van der Waals surface area contributed by atoms with Crippen LogP contribution in [0, 0.1) is 0 Å². The summed E-state index contributed by atoms with van der Waals surface area (Å²) in [6.07, 6.45) is 23.0. The van der Waals surface area contributed by atoms with Crippen molar-refractivity contribution in [2.75, 3.05) is 0 Å². The molecule has 0 aromatic carbocycles. The topological polar surface area (TPSA) is 0 Å². The monoisotopic (exact) mass is 236 g/mol. The molecule has 0 heterocycles. The van der Waals surface area contributed by atoms with Crippen LogP contribution in [-0.4, -0.2) is 0 Å². The van der Waals surface area contributed by atoms with Crippen molar-refractivity contribution in [2.24, 2.45) is 0 Å². The largest absolute Gasteiger partial charge is 0.103 e. The standard InChI is InChI=1S/C17H32/c1-3-5-7-9-11-13-15-17-16-14-12-10-8-6-4-2/h3,6,8H,1,4-5,7,9-17H2,2H3. The minimum atomic E-state index is 1.19. The average Bonchev–Trinajstić information content (AvgIpc) is 2.35. The summed E-state index contributed by atoms with van der Waals surface area (Å²) in [6, 6.07) is 0. The molecule has 0 rings (SSSR count). The summed E-state index contributed by atoms with van der Waals surface area (Å²) in [4.78, 5) is 0. The highest BCUT2D eigenvalue weighted by Gasteiger charge is 1.91. The Labute approximate surface area is 109 Å². The van der Waals surface area contributed by atoms with Crippen LogP contribution in [0.25, 0.3) is 0 Å². The molecule has 0 heteroatoms. The van der Waals surface area contributed by atoms with Crippen LogP contribution in [0.15, 0.2) is 24.8 Å². The first-order valence-corrected chi connectivity index (χ1v) is 7.67. The van der Waals surface area contributed by atoms with Gasteiger partial charge < -0.3 is 0 Å². The lowest BCUT2D eigenvalue weighted by atomic mass is 10.1. The van der Waals surface area contributed by atoms with Gasteiger partial charge in [0.05, 0.1) is 0 Å². The van der Waals surface area contributed by atoms with Gasteiger partial charge in [0.15, 0.2) is 0 Å².